The third kappa shape index (κ3) is 5.61. The van der Waals surface area contributed by atoms with Crippen LogP contribution in [0.4, 0.5) is 10.2 Å². The van der Waals surface area contributed by atoms with Gasteiger partial charge in [-0.3, -0.25) is 9.00 Å². The van der Waals surface area contributed by atoms with Gasteiger partial charge in [0.05, 0.1) is 21.8 Å². The summed E-state index contributed by atoms with van der Waals surface area (Å²) in [5, 5.41) is 0.706. The van der Waals surface area contributed by atoms with Crippen LogP contribution in [0.15, 0.2) is 70.9 Å². The van der Waals surface area contributed by atoms with Gasteiger partial charge in [0.2, 0.25) is 5.91 Å². The normalized spacial score (nSPS) is 17.9. The van der Waals surface area contributed by atoms with E-state index in [0.29, 0.717) is 34.9 Å². The van der Waals surface area contributed by atoms with Gasteiger partial charge in [-0.1, -0.05) is 44.2 Å². The minimum atomic E-state index is -1.23. The molecule has 8 nitrogen and oxygen atoms in total. The van der Waals surface area contributed by atoms with Crippen molar-refractivity contribution in [3.8, 4) is 16.9 Å². The Bertz CT molecular complexity index is 1840. The average Bonchev–Trinajstić information content (AvgIpc) is 2.97. The van der Waals surface area contributed by atoms with E-state index in [1.807, 2.05) is 38.7 Å². The smallest absolute Gasteiger partial charge is 0.349 e. The summed E-state index contributed by atoms with van der Waals surface area (Å²) in [7, 11) is -1.23. The van der Waals surface area contributed by atoms with Gasteiger partial charge in [0.15, 0.2) is 5.65 Å². The number of aromatic nitrogens is 3. The molecule has 1 fully saturated rings. The number of anilines is 1. The molecular weight excluding hydrogens is 589 g/mol. The predicted octanol–water partition coefficient (Wildman–Crippen LogP) is 5.71. The summed E-state index contributed by atoms with van der Waals surface area (Å²) in [6.07, 6.45) is 2.90. The van der Waals surface area contributed by atoms with Crippen LogP contribution in [0.5, 0.6) is 0 Å². The Hall–Kier alpha value is -3.89. The number of benzene rings is 2. The summed E-state index contributed by atoms with van der Waals surface area (Å²) >= 11 is 6.78. The van der Waals surface area contributed by atoms with Crippen molar-refractivity contribution in [2.24, 2.45) is 0 Å². The van der Waals surface area contributed by atoms with Gasteiger partial charge in [0.1, 0.15) is 11.6 Å². The molecule has 1 amide bonds. The summed E-state index contributed by atoms with van der Waals surface area (Å²) in [4.78, 5) is 40.3. The fourth-order valence-electron chi connectivity index (χ4n) is 5.61. The molecule has 0 bridgehead atoms. The van der Waals surface area contributed by atoms with Gasteiger partial charge in [-0.05, 0) is 67.8 Å². The monoisotopic (exact) mass is 621 g/mol. The second-order valence-electron chi connectivity index (χ2n) is 11.1. The number of nitrogens with zero attached hydrogens (tertiary/aromatic N) is 5. The quantitative estimate of drug-likeness (QED) is 0.256. The molecule has 2 unspecified atom stereocenters. The zero-order chi connectivity index (χ0) is 31.2. The summed E-state index contributed by atoms with van der Waals surface area (Å²) in [6.45, 7) is 12.3. The van der Waals surface area contributed by atoms with E-state index in [1.54, 1.807) is 47.6 Å². The van der Waals surface area contributed by atoms with Crippen molar-refractivity contribution in [2.75, 3.05) is 24.2 Å². The maximum atomic E-state index is 15.0. The van der Waals surface area contributed by atoms with Gasteiger partial charge in [-0.15, -0.1) is 0 Å². The van der Waals surface area contributed by atoms with Crippen LogP contribution in [0.3, 0.4) is 0 Å². The molecular formula is C32H33ClFN5O3S. The maximum Gasteiger partial charge on any atom is 0.355 e. The Labute approximate surface area is 257 Å². The Morgan fingerprint density at radius 1 is 1.12 bits per heavy atom. The largest absolute Gasteiger partial charge is 0.355 e. The number of amides is 1. The first-order valence-electron chi connectivity index (χ1n) is 14.0. The van der Waals surface area contributed by atoms with E-state index in [1.165, 1.54) is 16.7 Å². The van der Waals surface area contributed by atoms with Crippen LogP contribution >= 0.6 is 11.6 Å². The Balaban J connectivity index is 1.82. The maximum absolute atomic E-state index is 15.0. The zero-order valence-corrected chi connectivity index (χ0v) is 26.2. The van der Waals surface area contributed by atoms with Crippen LogP contribution in [-0.2, 0) is 15.6 Å². The molecule has 1 aliphatic heterocycles. The molecule has 1 aliphatic rings. The number of fused-ring (bicyclic) bond motifs is 1. The third-order valence-electron chi connectivity index (χ3n) is 7.84. The first kappa shape index (κ1) is 30.6. The first-order chi connectivity index (χ1) is 20.4. The lowest BCUT2D eigenvalue weighted by atomic mass is 10.0. The zero-order valence-electron chi connectivity index (χ0n) is 24.7. The highest BCUT2D eigenvalue weighted by Crippen LogP contribution is 2.36. The van der Waals surface area contributed by atoms with Crippen molar-refractivity contribution in [1.82, 2.24) is 19.4 Å². The average molecular weight is 622 g/mol. The Morgan fingerprint density at radius 3 is 2.49 bits per heavy atom. The molecule has 224 valence electrons. The molecule has 2 aromatic carbocycles. The molecule has 43 heavy (non-hydrogen) atoms. The number of hydrogen-bond donors (Lipinski definition) is 0. The Morgan fingerprint density at radius 2 is 1.84 bits per heavy atom. The van der Waals surface area contributed by atoms with Crippen LogP contribution in [0, 0.1) is 5.82 Å². The third-order valence-corrected chi connectivity index (χ3v) is 9.05. The van der Waals surface area contributed by atoms with E-state index >= 15 is 0 Å². The van der Waals surface area contributed by atoms with Crippen molar-refractivity contribution in [3.63, 3.8) is 0 Å². The van der Waals surface area contributed by atoms with Gasteiger partial charge < -0.3 is 9.80 Å². The van der Waals surface area contributed by atoms with E-state index < -0.39 is 22.3 Å². The predicted molar refractivity (Wildman–Crippen MR) is 170 cm³/mol. The number of piperazine rings is 1. The molecule has 0 saturated carbocycles. The van der Waals surface area contributed by atoms with Gasteiger partial charge >= 0.3 is 5.69 Å². The molecule has 2 aromatic heterocycles. The lowest BCUT2D eigenvalue weighted by Crippen LogP contribution is -2.58. The lowest BCUT2D eigenvalue weighted by molar-refractivity contribution is -0.128. The van der Waals surface area contributed by atoms with E-state index in [4.69, 9.17) is 16.6 Å². The number of carbonyl (C=O) groups excluding carboxylic acids is 1. The summed E-state index contributed by atoms with van der Waals surface area (Å²) in [5.41, 5.74) is 1.40. The molecule has 0 aliphatic carbocycles. The van der Waals surface area contributed by atoms with Crippen LogP contribution in [-0.4, -0.2) is 61.0 Å². The topological polar surface area (TPSA) is 88.4 Å². The highest BCUT2D eigenvalue weighted by Gasteiger charge is 2.34. The van der Waals surface area contributed by atoms with Crippen LogP contribution in [0.2, 0.25) is 5.02 Å². The highest BCUT2D eigenvalue weighted by atomic mass is 35.5. The fourth-order valence-corrected chi connectivity index (χ4v) is 6.41. The molecule has 0 N–H and O–H groups in total. The summed E-state index contributed by atoms with van der Waals surface area (Å²) in [6, 6.07) is 12.8. The van der Waals surface area contributed by atoms with E-state index in [0.717, 1.165) is 5.56 Å². The number of carbonyl (C=O) groups is 1. The van der Waals surface area contributed by atoms with Crippen molar-refractivity contribution in [3.05, 3.63) is 88.1 Å². The van der Waals surface area contributed by atoms with Crippen molar-refractivity contribution < 1.29 is 13.4 Å². The van der Waals surface area contributed by atoms with Gasteiger partial charge in [-0.25, -0.2) is 18.7 Å². The standard InChI is InChI=1S/C32H33ClFN5O3S/c1-7-28(40)37-16-20(5)38(17-19(37)4)30-24-15-25(33)29(22-10-8-9-11-26(22)34)35-31(24)39(32(41)36-30)27-13-12-21(43(6)42)14-23(27)18(2)3/h7-15,18-20H,1,16-17H2,2-6H3/t19?,20?,43-/m0/s1. The van der Waals surface area contributed by atoms with Crippen LogP contribution in [0.25, 0.3) is 28.0 Å². The SMILES string of the molecule is C=CC(=O)N1CC(C)N(c2nc(=O)n(-c3ccc([S@](C)=O)cc3C(C)C)c3nc(-c4ccccc4F)c(Cl)cc23)CC1C. The van der Waals surface area contributed by atoms with Crippen molar-refractivity contribution in [2.45, 2.75) is 50.6 Å². The van der Waals surface area contributed by atoms with Crippen LogP contribution < -0.4 is 10.6 Å². The number of pyridine rings is 1. The number of hydrogen-bond acceptors (Lipinski definition) is 6. The van der Waals surface area contributed by atoms with Crippen LogP contribution in [0.1, 0.15) is 39.2 Å². The van der Waals surface area contributed by atoms with E-state index in [9.17, 15) is 18.2 Å². The molecule has 0 radical (unpaired) electrons. The second-order valence-corrected chi connectivity index (χ2v) is 12.9. The molecule has 5 rings (SSSR count). The molecule has 4 aromatic rings. The molecule has 3 heterocycles. The molecule has 3 atom stereocenters. The molecule has 0 spiro atoms. The number of halogens is 2. The first-order valence-corrected chi connectivity index (χ1v) is 15.9. The van der Waals surface area contributed by atoms with E-state index in [2.05, 4.69) is 11.6 Å². The van der Waals surface area contributed by atoms with Gasteiger partial charge in [0, 0.05) is 52.7 Å². The van der Waals surface area contributed by atoms with Gasteiger partial charge in [-0.2, -0.15) is 4.98 Å². The fraction of sp³-hybridized carbons (Fsp3) is 0.312. The van der Waals surface area contributed by atoms with E-state index in [-0.39, 0.29) is 45.8 Å². The highest BCUT2D eigenvalue weighted by molar-refractivity contribution is 7.84. The Kier molecular flexibility index (Phi) is 8.54. The molecule has 11 heteroatoms. The summed E-state index contributed by atoms with van der Waals surface area (Å²) < 4.78 is 28.7. The minimum absolute atomic E-state index is 0.0326. The molecule has 1 saturated heterocycles. The van der Waals surface area contributed by atoms with Crippen molar-refractivity contribution in [1.29, 1.82) is 0 Å². The minimum Gasteiger partial charge on any atom is -0.349 e. The number of rotatable bonds is 6. The summed E-state index contributed by atoms with van der Waals surface area (Å²) in [5.74, 6) is -0.311. The van der Waals surface area contributed by atoms with Gasteiger partial charge in [0.25, 0.3) is 0 Å². The lowest BCUT2D eigenvalue weighted by Gasteiger charge is -2.44. The second kappa shape index (κ2) is 12.0. The van der Waals surface area contributed by atoms with Crippen molar-refractivity contribution >= 4 is 45.2 Å².